The monoisotopic (exact) mass is 302 g/mol. The third kappa shape index (κ3) is 5.45. The molecule has 1 aliphatic rings. The molecule has 0 saturated carbocycles. The van der Waals surface area contributed by atoms with Crippen LogP contribution in [-0.4, -0.2) is 30.4 Å². The van der Waals surface area contributed by atoms with Crippen molar-refractivity contribution in [2.24, 2.45) is 5.92 Å². The number of amides is 1. The molecule has 0 radical (unpaired) electrons. The number of piperidine rings is 1. The van der Waals surface area contributed by atoms with Crippen molar-refractivity contribution in [2.45, 2.75) is 52.5 Å². The van der Waals surface area contributed by atoms with Gasteiger partial charge >= 0.3 is 0 Å². The fourth-order valence-electron chi connectivity index (χ4n) is 2.92. The maximum atomic E-state index is 12.0. The lowest BCUT2D eigenvalue weighted by Crippen LogP contribution is -2.32. The van der Waals surface area contributed by atoms with Gasteiger partial charge in [-0.05, 0) is 56.0 Å². The Labute approximate surface area is 135 Å². The molecule has 1 saturated heterocycles. The number of rotatable bonds is 7. The zero-order valence-corrected chi connectivity index (χ0v) is 14.1. The number of likely N-dealkylation sites (tertiary alicyclic amines) is 1. The van der Waals surface area contributed by atoms with E-state index in [4.69, 9.17) is 0 Å². The van der Waals surface area contributed by atoms with Gasteiger partial charge in [-0.25, -0.2) is 0 Å². The van der Waals surface area contributed by atoms with Gasteiger partial charge in [-0.15, -0.1) is 0 Å². The van der Waals surface area contributed by atoms with Crippen LogP contribution in [0.4, 0.5) is 0 Å². The molecule has 3 heteroatoms. The highest BCUT2D eigenvalue weighted by atomic mass is 16.1. The van der Waals surface area contributed by atoms with Gasteiger partial charge < -0.3 is 5.32 Å². The number of benzene rings is 1. The Balaban J connectivity index is 1.78. The number of unbranched alkanes of at least 4 members (excludes halogenated alkanes) is 2. The largest absolute Gasteiger partial charge is 0.352 e. The van der Waals surface area contributed by atoms with E-state index < -0.39 is 0 Å². The molecule has 2 rings (SSSR count). The fourth-order valence-corrected chi connectivity index (χ4v) is 2.92. The molecule has 3 nitrogen and oxygen atoms in total. The predicted octanol–water partition coefficient (Wildman–Crippen LogP) is 3.84. The van der Waals surface area contributed by atoms with Crippen molar-refractivity contribution in [2.75, 3.05) is 19.6 Å². The van der Waals surface area contributed by atoms with Gasteiger partial charge in [0.1, 0.15) is 0 Å². The lowest BCUT2D eigenvalue weighted by Gasteiger charge is -2.30. The van der Waals surface area contributed by atoms with E-state index in [1.54, 1.807) is 0 Å². The Morgan fingerprint density at radius 1 is 1.18 bits per heavy atom. The smallest absolute Gasteiger partial charge is 0.251 e. The molecule has 1 aromatic carbocycles. The molecule has 1 heterocycles. The van der Waals surface area contributed by atoms with Crippen molar-refractivity contribution in [1.29, 1.82) is 0 Å². The van der Waals surface area contributed by atoms with Crippen LogP contribution in [-0.2, 0) is 6.54 Å². The van der Waals surface area contributed by atoms with Crippen LogP contribution in [0, 0.1) is 5.92 Å². The predicted molar refractivity (Wildman–Crippen MR) is 92.0 cm³/mol. The van der Waals surface area contributed by atoms with E-state index in [9.17, 15) is 4.79 Å². The number of nitrogens with zero attached hydrogens (tertiary/aromatic N) is 1. The van der Waals surface area contributed by atoms with Crippen LogP contribution in [0.1, 0.15) is 61.9 Å². The fraction of sp³-hybridized carbons (Fsp3) is 0.632. The molecule has 1 fully saturated rings. The average Bonchev–Trinajstić information content (AvgIpc) is 2.54. The molecule has 0 aliphatic carbocycles. The molecule has 0 aromatic heterocycles. The Bertz CT molecular complexity index is 447. The average molecular weight is 302 g/mol. The minimum absolute atomic E-state index is 0.0504. The van der Waals surface area contributed by atoms with Gasteiger partial charge in [-0.2, -0.15) is 0 Å². The summed E-state index contributed by atoms with van der Waals surface area (Å²) in [5, 5.41) is 2.99. The number of carbonyl (C=O) groups excluding carboxylic acids is 1. The van der Waals surface area contributed by atoms with Crippen LogP contribution in [0.2, 0.25) is 0 Å². The molecule has 22 heavy (non-hydrogen) atoms. The molecule has 0 bridgehead atoms. The summed E-state index contributed by atoms with van der Waals surface area (Å²) in [6.45, 7) is 8.68. The second-order valence-corrected chi connectivity index (χ2v) is 6.62. The maximum Gasteiger partial charge on any atom is 0.251 e. The minimum Gasteiger partial charge on any atom is -0.352 e. The van der Waals surface area contributed by atoms with Gasteiger partial charge in [-0.1, -0.05) is 38.8 Å². The Hall–Kier alpha value is -1.35. The van der Waals surface area contributed by atoms with Crippen molar-refractivity contribution in [3.63, 3.8) is 0 Å². The third-order valence-electron chi connectivity index (χ3n) is 4.56. The minimum atomic E-state index is 0.0504. The summed E-state index contributed by atoms with van der Waals surface area (Å²) in [6, 6.07) is 8.10. The first-order valence-electron chi connectivity index (χ1n) is 8.78. The van der Waals surface area contributed by atoms with Gasteiger partial charge in [0, 0.05) is 18.7 Å². The van der Waals surface area contributed by atoms with E-state index in [0.717, 1.165) is 31.0 Å². The molecule has 0 unspecified atom stereocenters. The second-order valence-electron chi connectivity index (χ2n) is 6.62. The van der Waals surface area contributed by atoms with Crippen LogP contribution in [0.15, 0.2) is 24.3 Å². The van der Waals surface area contributed by atoms with Gasteiger partial charge in [0.25, 0.3) is 5.91 Å². The molecule has 1 amide bonds. The summed E-state index contributed by atoms with van der Waals surface area (Å²) in [5.74, 6) is 0.921. The maximum absolute atomic E-state index is 12.0. The number of hydrogen-bond acceptors (Lipinski definition) is 2. The topological polar surface area (TPSA) is 32.3 Å². The summed E-state index contributed by atoms with van der Waals surface area (Å²) in [4.78, 5) is 14.5. The van der Waals surface area contributed by atoms with Crippen LogP contribution in [0.5, 0.6) is 0 Å². The van der Waals surface area contributed by atoms with E-state index in [-0.39, 0.29) is 5.91 Å². The molecular formula is C19H30N2O. The van der Waals surface area contributed by atoms with Crippen molar-refractivity contribution in [3.8, 4) is 0 Å². The zero-order chi connectivity index (χ0) is 15.8. The highest BCUT2D eigenvalue weighted by molar-refractivity contribution is 5.94. The van der Waals surface area contributed by atoms with Gasteiger partial charge in [0.15, 0.2) is 0 Å². The molecule has 0 atom stereocenters. The Morgan fingerprint density at radius 2 is 1.86 bits per heavy atom. The number of nitrogens with one attached hydrogen (secondary N) is 1. The quantitative estimate of drug-likeness (QED) is 0.776. The van der Waals surface area contributed by atoms with Crippen LogP contribution in [0.25, 0.3) is 0 Å². The van der Waals surface area contributed by atoms with Crippen molar-refractivity contribution in [3.05, 3.63) is 35.4 Å². The first-order valence-corrected chi connectivity index (χ1v) is 8.78. The highest BCUT2D eigenvalue weighted by Gasteiger charge is 2.15. The highest BCUT2D eigenvalue weighted by Crippen LogP contribution is 2.18. The van der Waals surface area contributed by atoms with Crippen LogP contribution in [0.3, 0.4) is 0 Å². The zero-order valence-electron chi connectivity index (χ0n) is 14.1. The summed E-state index contributed by atoms with van der Waals surface area (Å²) >= 11 is 0. The third-order valence-corrected chi connectivity index (χ3v) is 4.56. The number of carbonyl (C=O) groups is 1. The standard InChI is InChI=1S/C19H30N2O/c1-3-4-5-12-20-19(22)18-8-6-17(7-9-18)15-21-13-10-16(2)11-14-21/h6-9,16H,3-5,10-15H2,1-2H3,(H,20,22). The first-order chi connectivity index (χ1) is 10.7. The van der Waals surface area contributed by atoms with Gasteiger partial charge in [0.2, 0.25) is 0 Å². The van der Waals surface area contributed by atoms with Crippen molar-refractivity contribution in [1.82, 2.24) is 10.2 Å². The summed E-state index contributed by atoms with van der Waals surface area (Å²) in [5.41, 5.74) is 2.07. The summed E-state index contributed by atoms with van der Waals surface area (Å²) in [6.07, 6.45) is 6.03. The lowest BCUT2D eigenvalue weighted by atomic mass is 9.99. The van der Waals surface area contributed by atoms with Crippen molar-refractivity contribution < 1.29 is 4.79 Å². The van der Waals surface area contributed by atoms with E-state index in [1.807, 2.05) is 12.1 Å². The van der Waals surface area contributed by atoms with E-state index in [2.05, 4.69) is 36.2 Å². The van der Waals surface area contributed by atoms with Crippen LogP contribution < -0.4 is 5.32 Å². The molecule has 1 aromatic rings. The van der Waals surface area contributed by atoms with E-state index in [1.165, 1.54) is 44.3 Å². The van der Waals surface area contributed by atoms with E-state index >= 15 is 0 Å². The first kappa shape index (κ1) is 17.0. The second kappa shape index (κ2) is 8.94. The summed E-state index contributed by atoms with van der Waals surface area (Å²) < 4.78 is 0. The molecule has 1 N–H and O–H groups in total. The number of hydrogen-bond donors (Lipinski definition) is 1. The normalized spacial score (nSPS) is 16.6. The van der Waals surface area contributed by atoms with Crippen molar-refractivity contribution >= 4 is 5.91 Å². The molecule has 122 valence electrons. The van der Waals surface area contributed by atoms with Crippen LogP contribution >= 0.6 is 0 Å². The molecule has 0 spiro atoms. The van der Waals surface area contributed by atoms with Gasteiger partial charge in [-0.3, -0.25) is 9.69 Å². The lowest BCUT2D eigenvalue weighted by molar-refractivity contribution is 0.0953. The Morgan fingerprint density at radius 3 is 2.50 bits per heavy atom. The molecular weight excluding hydrogens is 272 g/mol. The Kier molecular flexibility index (Phi) is 6.91. The van der Waals surface area contributed by atoms with E-state index in [0.29, 0.717) is 0 Å². The summed E-state index contributed by atoms with van der Waals surface area (Å²) in [7, 11) is 0. The molecule has 1 aliphatic heterocycles. The SMILES string of the molecule is CCCCCNC(=O)c1ccc(CN2CCC(C)CC2)cc1. The van der Waals surface area contributed by atoms with Gasteiger partial charge in [0.05, 0.1) is 0 Å².